The van der Waals surface area contributed by atoms with Crippen LogP contribution in [0.5, 0.6) is 0 Å². The fourth-order valence-corrected chi connectivity index (χ4v) is 2.79. The van der Waals surface area contributed by atoms with Gasteiger partial charge in [-0.1, -0.05) is 32.1 Å². The third kappa shape index (κ3) is 3.72. The third-order valence-corrected chi connectivity index (χ3v) is 4.12. The van der Waals surface area contributed by atoms with Crippen LogP contribution in [0.4, 0.5) is 5.13 Å². The number of hydrogen-bond donors (Lipinski definition) is 2. The number of carbonyl (C=O) groups excluding carboxylic acids is 2. The van der Waals surface area contributed by atoms with Gasteiger partial charge >= 0.3 is 5.97 Å². The zero-order valence-corrected chi connectivity index (χ0v) is 14.1. The zero-order chi connectivity index (χ0) is 15.1. The predicted molar refractivity (Wildman–Crippen MR) is 84.2 cm³/mol. The molecule has 1 aromatic heterocycles. The molecular formula is C13H20ClN3O3S. The number of thiazole rings is 1. The van der Waals surface area contributed by atoms with E-state index in [1.807, 2.05) is 20.8 Å². The van der Waals surface area contributed by atoms with Crippen molar-refractivity contribution in [3.05, 3.63) is 10.6 Å². The van der Waals surface area contributed by atoms with Gasteiger partial charge in [0.25, 0.3) is 0 Å². The number of aromatic nitrogens is 1. The molecule has 2 rings (SSSR count). The van der Waals surface area contributed by atoms with Crippen molar-refractivity contribution in [2.45, 2.75) is 44.6 Å². The van der Waals surface area contributed by atoms with E-state index >= 15 is 0 Å². The molecule has 21 heavy (non-hydrogen) atoms. The largest absolute Gasteiger partial charge is 0.465 e. The van der Waals surface area contributed by atoms with E-state index in [0.717, 1.165) is 11.3 Å². The lowest BCUT2D eigenvalue weighted by Gasteiger charge is -2.16. The maximum atomic E-state index is 11.9. The second-order valence-corrected chi connectivity index (χ2v) is 7.05. The molecule has 1 heterocycles. The lowest BCUT2D eigenvalue weighted by Crippen LogP contribution is -2.37. The molecule has 1 fully saturated rings. The molecule has 0 spiro atoms. The van der Waals surface area contributed by atoms with E-state index in [1.54, 1.807) is 0 Å². The van der Waals surface area contributed by atoms with Crippen molar-refractivity contribution in [2.75, 3.05) is 12.4 Å². The summed E-state index contributed by atoms with van der Waals surface area (Å²) >= 11 is 1.12. The summed E-state index contributed by atoms with van der Waals surface area (Å²) in [6.45, 7) is 5.85. The lowest BCUT2D eigenvalue weighted by atomic mass is 9.91. The number of ether oxygens (including phenoxy) is 1. The molecule has 0 saturated heterocycles. The number of carbonyl (C=O) groups is 2. The van der Waals surface area contributed by atoms with E-state index in [-0.39, 0.29) is 23.7 Å². The van der Waals surface area contributed by atoms with Gasteiger partial charge in [-0.25, -0.2) is 9.78 Å². The van der Waals surface area contributed by atoms with E-state index < -0.39 is 11.5 Å². The maximum absolute atomic E-state index is 11.9. The Morgan fingerprint density at radius 1 is 1.38 bits per heavy atom. The Morgan fingerprint density at radius 2 is 1.95 bits per heavy atom. The Morgan fingerprint density at radius 3 is 2.38 bits per heavy atom. The van der Waals surface area contributed by atoms with Crippen LogP contribution in [0.15, 0.2) is 0 Å². The summed E-state index contributed by atoms with van der Waals surface area (Å²) < 4.78 is 4.76. The standard InChI is InChI=1S/C13H19N3O3S.ClH/c1-12(2,3)8-7(9(17)19-4)20-11(15-8)16-10(18)13(14)5-6-13;/h5-6,14H2,1-4H3,(H,15,16,18);1H. The summed E-state index contributed by atoms with van der Waals surface area (Å²) in [5.41, 5.74) is 5.36. The fourth-order valence-electron chi connectivity index (χ4n) is 1.70. The minimum Gasteiger partial charge on any atom is -0.465 e. The van der Waals surface area contributed by atoms with Crippen molar-refractivity contribution in [3.8, 4) is 0 Å². The normalized spacial score (nSPS) is 15.9. The molecule has 0 bridgehead atoms. The van der Waals surface area contributed by atoms with Crippen LogP contribution in [-0.4, -0.2) is 29.5 Å². The Kier molecular flexibility index (Phi) is 5.02. The molecule has 6 nitrogen and oxygen atoms in total. The van der Waals surface area contributed by atoms with E-state index in [1.165, 1.54) is 7.11 Å². The number of amides is 1. The van der Waals surface area contributed by atoms with Gasteiger partial charge in [-0.3, -0.25) is 4.79 Å². The Hall–Kier alpha value is -1.18. The first-order valence-electron chi connectivity index (χ1n) is 6.37. The van der Waals surface area contributed by atoms with Crippen LogP contribution in [0.2, 0.25) is 0 Å². The molecule has 8 heteroatoms. The van der Waals surface area contributed by atoms with Gasteiger partial charge in [0.1, 0.15) is 4.88 Å². The van der Waals surface area contributed by atoms with Gasteiger partial charge in [0.15, 0.2) is 5.13 Å². The Balaban J connectivity index is 0.00000220. The fraction of sp³-hybridized carbons (Fsp3) is 0.615. The highest BCUT2D eigenvalue weighted by molar-refractivity contribution is 7.17. The highest BCUT2D eigenvalue weighted by atomic mass is 35.5. The molecule has 1 amide bonds. The maximum Gasteiger partial charge on any atom is 0.350 e. The van der Waals surface area contributed by atoms with Gasteiger partial charge in [0.2, 0.25) is 5.91 Å². The van der Waals surface area contributed by atoms with Crippen molar-refractivity contribution in [3.63, 3.8) is 0 Å². The van der Waals surface area contributed by atoms with Gasteiger partial charge in [0.05, 0.1) is 18.3 Å². The average molecular weight is 334 g/mol. The molecule has 1 saturated carbocycles. The molecular weight excluding hydrogens is 314 g/mol. The van der Waals surface area contributed by atoms with E-state index in [4.69, 9.17) is 10.5 Å². The first-order valence-corrected chi connectivity index (χ1v) is 7.19. The smallest absolute Gasteiger partial charge is 0.350 e. The lowest BCUT2D eigenvalue weighted by molar-refractivity contribution is -0.118. The number of nitrogens with two attached hydrogens (primary N) is 1. The van der Waals surface area contributed by atoms with E-state index in [9.17, 15) is 9.59 Å². The van der Waals surface area contributed by atoms with Gasteiger partial charge < -0.3 is 15.8 Å². The number of hydrogen-bond acceptors (Lipinski definition) is 6. The van der Waals surface area contributed by atoms with Crippen LogP contribution in [0, 0.1) is 0 Å². The van der Waals surface area contributed by atoms with Crippen LogP contribution >= 0.6 is 23.7 Å². The second-order valence-electron chi connectivity index (χ2n) is 6.05. The SMILES string of the molecule is COC(=O)c1sc(NC(=O)C2(N)CC2)nc1C(C)(C)C.Cl. The van der Waals surface area contributed by atoms with Gasteiger partial charge in [0, 0.05) is 5.41 Å². The summed E-state index contributed by atoms with van der Waals surface area (Å²) in [5.74, 6) is -0.690. The highest BCUT2D eigenvalue weighted by Crippen LogP contribution is 2.36. The summed E-state index contributed by atoms with van der Waals surface area (Å²) in [7, 11) is 1.33. The molecule has 3 N–H and O–H groups in total. The molecule has 0 radical (unpaired) electrons. The van der Waals surface area contributed by atoms with Gasteiger partial charge in [-0.05, 0) is 12.8 Å². The molecule has 1 aromatic rings. The number of nitrogens with zero attached hydrogens (tertiary/aromatic N) is 1. The topological polar surface area (TPSA) is 94.3 Å². The predicted octanol–water partition coefficient (Wildman–Crippen LogP) is 2.08. The molecule has 0 unspecified atom stereocenters. The number of halogens is 1. The van der Waals surface area contributed by atoms with Crippen molar-refractivity contribution in [1.29, 1.82) is 0 Å². The van der Waals surface area contributed by atoms with Gasteiger partial charge in [-0.2, -0.15) is 0 Å². The molecule has 0 aliphatic heterocycles. The van der Waals surface area contributed by atoms with Gasteiger partial charge in [-0.15, -0.1) is 12.4 Å². The monoisotopic (exact) mass is 333 g/mol. The second kappa shape index (κ2) is 5.90. The third-order valence-electron chi connectivity index (χ3n) is 3.17. The molecule has 1 aliphatic carbocycles. The molecule has 0 aromatic carbocycles. The molecule has 0 atom stereocenters. The van der Waals surface area contributed by atoms with Crippen LogP contribution in [0.25, 0.3) is 0 Å². The Bertz CT molecular complexity index is 561. The average Bonchev–Trinajstić information content (AvgIpc) is 2.96. The van der Waals surface area contributed by atoms with Crippen LogP contribution in [0.3, 0.4) is 0 Å². The first-order chi connectivity index (χ1) is 9.17. The van der Waals surface area contributed by atoms with Crippen LogP contribution < -0.4 is 11.1 Å². The highest BCUT2D eigenvalue weighted by Gasteiger charge is 2.46. The number of methoxy groups -OCH3 is 1. The minimum atomic E-state index is -0.765. The van der Waals surface area contributed by atoms with Crippen molar-refractivity contribution in [1.82, 2.24) is 4.98 Å². The molecule has 118 valence electrons. The number of nitrogens with one attached hydrogen (secondary N) is 1. The summed E-state index contributed by atoms with van der Waals surface area (Å²) in [6.07, 6.45) is 1.36. The summed E-state index contributed by atoms with van der Waals surface area (Å²) in [5, 5.41) is 3.08. The quantitative estimate of drug-likeness (QED) is 0.826. The number of anilines is 1. The number of rotatable bonds is 3. The summed E-state index contributed by atoms with van der Waals surface area (Å²) in [6, 6.07) is 0. The molecule has 1 aliphatic rings. The van der Waals surface area contributed by atoms with E-state index in [2.05, 4.69) is 10.3 Å². The summed E-state index contributed by atoms with van der Waals surface area (Å²) in [4.78, 5) is 28.5. The van der Waals surface area contributed by atoms with E-state index in [0.29, 0.717) is 28.5 Å². The zero-order valence-electron chi connectivity index (χ0n) is 12.5. The van der Waals surface area contributed by atoms with Crippen LogP contribution in [0.1, 0.15) is 49.0 Å². The van der Waals surface area contributed by atoms with Crippen LogP contribution in [-0.2, 0) is 14.9 Å². The first kappa shape index (κ1) is 17.9. The Labute approximate surface area is 133 Å². The van der Waals surface area contributed by atoms with Crippen molar-refractivity contribution < 1.29 is 14.3 Å². The van der Waals surface area contributed by atoms with Crippen molar-refractivity contribution >= 4 is 40.8 Å². The number of esters is 1. The van der Waals surface area contributed by atoms with Crippen molar-refractivity contribution in [2.24, 2.45) is 5.73 Å². The minimum absolute atomic E-state index is 0.